The fourth-order valence-electron chi connectivity index (χ4n) is 3.74. The number of amides is 1. The van der Waals surface area contributed by atoms with Gasteiger partial charge in [0, 0.05) is 30.5 Å². The summed E-state index contributed by atoms with van der Waals surface area (Å²) in [5.41, 5.74) is 3.89. The molecule has 3 heterocycles. The van der Waals surface area contributed by atoms with Crippen LogP contribution in [0.1, 0.15) is 46.0 Å². The van der Waals surface area contributed by atoms with Crippen molar-refractivity contribution in [1.82, 2.24) is 25.1 Å². The monoisotopic (exact) mass is 420 g/mol. The van der Waals surface area contributed by atoms with E-state index in [4.69, 9.17) is 4.74 Å². The van der Waals surface area contributed by atoms with Crippen molar-refractivity contribution in [3.63, 3.8) is 0 Å². The van der Waals surface area contributed by atoms with Crippen LogP contribution >= 0.6 is 0 Å². The van der Waals surface area contributed by atoms with Gasteiger partial charge < -0.3 is 15.0 Å². The number of nitrogens with one attached hydrogen (secondary N) is 2. The smallest absolute Gasteiger partial charge is 0.292 e. The summed E-state index contributed by atoms with van der Waals surface area (Å²) in [6.07, 6.45) is 4.44. The normalized spacial score (nSPS) is 18.7. The maximum Gasteiger partial charge on any atom is 0.292 e. The van der Waals surface area contributed by atoms with Crippen LogP contribution in [0.4, 0.5) is 5.82 Å². The number of hydrogen-bond donors (Lipinski definition) is 2. The standard InChI is InChI=1S/C23H28N6O2/c1-15-13-29(20(14-31-15)19-7-5-4-6-8-19)23(30)22-27-17(3)16(2)21(28-22)24-10-9-18-11-25-26-12-18/h4-8,11-12,15,20H,9-10,13-14H2,1-3H3,(H,25,26)(H,24,27,28)/t15-,20+/m1/s1. The minimum atomic E-state index is -0.176. The van der Waals surface area contributed by atoms with Crippen molar-refractivity contribution in [2.45, 2.75) is 39.3 Å². The Kier molecular flexibility index (Phi) is 6.27. The molecule has 0 unspecified atom stereocenters. The Hall–Kier alpha value is -3.26. The Morgan fingerprint density at radius 2 is 2.06 bits per heavy atom. The summed E-state index contributed by atoms with van der Waals surface area (Å²) < 4.78 is 5.86. The molecule has 1 amide bonds. The Morgan fingerprint density at radius 3 is 2.81 bits per heavy atom. The van der Waals surface area contributed by atoms with Crippen molar-refractivity contribution in [1.29, 1.82) is 0 Å². The van der Waals surface area contributed by atoms with E-state index in [0.717, 1.165) is 28.8 Å². The third-order valence-corrected chi connectivity index (χ3v) is 5.66. The maximum atomic E-state index is 13.5. The number of aromatic nitrogens is 4. The first kappa shape index (κ1) is 21.0. The second-order valence-corrected chi connectivity index (χ2v) is 7.92. The molecule has 2 N–H and O–H groups in total. The van der Waals surface area contributed by atoms with Gasteiger partial charge in [0.25, 0.3) is 5.91 Å². The lowest BCUT2D eigenvalue weighted by atomic mass is 10.0. The van der Waals surface area contributed by atoms with E-state index in [2.05, 4.69) is 25.5 Å². The number of morpholine rings is 1. The highest BCUT2D eigenvalue weighted by molar-refractivity contribution is 5.91. The second-order valence-electron chi connectivity index (χ2n) is 7.92. The average molecular weight is 421 g/mol. The third kappa shape index (κ3) is 4.74. The molecule has 2 aromatic heterocycles. The van der Waals surface area contributed by atoms with Gasteiger partial charge in [0.2, 0.25) is 5.82 Å². The van der Waals surface area contributed by atoms with Gasteiger partial charge in [-0.2, -0.15) is 5.10 Å². The summed E-state index contributed by atoms with van der Waals surface area (Å²) in [4.78, 5) is 24.5. The molecule has 31 heavy (non-hydrogen) atoms. The molecule has 1 saturated heterocycles. The Balaban J connectivity index is 1.56. The minimum Gasteiger partial charge on any atom is -0.374 e. The first-order chi connectivity index (χ1) is 15.0. The Bertz CT molecular complexity index is 1020. The highest BCUT2D eigenvalue weighted by Gasteiger charge is 2.33. The van der Waals surface area contributed by atoms with Crippen LogP contribution in [0, 0.1) is 13.8 Å². The first-order valence-corrected chi connectivity index (χ1v) is 10.6. The van der Waals surface area contributed by atoms with E-state index in [0.29, 0.717) is 25.5 Å². The largest absolute Gasteiger partial charge is 0.374 e. The summed E-state index contributed by atoms with van der Waals surface area (Å²) in [6, 6.07) is 9.81. The van der Waals surface area contributed by atoms with Gasteiger partial charge in [-0.3, -0.25) is 9.89 Å². The zero-order chi connectivity index (χ0) is 21.8. The van der Waals surface area contributed by atoms with Crippen LogP contribution in [0.2, 0.25) is 0 Å². The number of aryl methyl sites for hydroxylation is 1. The van der Waals surface area contributed by atoms with Gasteiger partial charge in [-0.15, -0.1) is 0 Å². The Morgan fingerprint density at radius 1 is 1.26 bits per heavy atom. The quantitative estimate of drug-likeness (QED) is 0.636. The number of carbonyl (C=O) groups excluding carboxylic acids is 1. The van der Waals surface area contributed by atoms with Crippen LogP contribution in [-0.2, 0) is 11.2 Å². The van der Waals surface area contributed by atoms with E-state index in [1.54, 1.807) is 6.20 Å². The van der Waals surface area contributed by atoms with Crippen molar-refractivity contribution in [3.05, 3.63) is 70.9 Å². The van der Waals surface area contributed by atoms with Crippen LogP contribution in [0.3, 0.4) is 0 Å². The number of benzene rings is 1. The summed E-state index contributed by atoms with van der Waals surface area (Å²) >= 11 is 0. The van der Waals surface area contributed by atoms with Gasteiger partial charge >= 0.3 is 0 Å². The zero-order valence-electron chi connectivity index (χ0n) is 18.1. The van der Waals surface area contributed by atoms with E-state index in [1.165, 1.54) is 0 Å². The summed E-state index contributed by atoms with van der Waals surface area (Å²) in [5.74, 6) is 0.728. The molecule has 0 saturated carbocycles. The lowest BCUT2D eigenvalue weighted by molar-refractivity contribution is -0.0451. The predicted molar refractivity (Wildman–Crippen MR) is 118 cm³/mol. The number of rotatable bonds is 6. The highest BCUT2D eigenvalue weighted by Crippen LogP contribution is 2.28. The van der Waals surface area contributed by atoms with Gasteiger partial charge in [0.15, 0.2) is 0 Å². The minimum absolute atomic E-state index is 0.0389. The van der Waals surface area contributed by atoms with Crippen molar-refractivity contribution >= 4 is 11.7 Å². The molecule has 2 atom stereocenters. The van der Waals surface area contributed by atoms with Gasteiger partial charge in [0.05, 0.1) is 24.9 Å². The lowest BCUT2D eigenvalue weighted by Gasteiger charge is -2.38. The molecular formula is C23H28N6O2. The summed E-state index contributed by atoms with van der Waals surface area (Å²) in [5, 5.41) is 10.1. The van der Waals surface area contributed by atoms with E-state index < -0.39 is 0 Å². The number of anilines is 1. The van der Waals surface area contributed by atoms with Crippen LogP contribution < -0.4 is 5.32 Å². The maximum absolute atomic E-state index is 13.5. The molecule has 1 aromatic carbocycles. The molecule has 1 aliphatic heterocycles. The number of nitrogens with zero attached hydrogens (tertiary/aromatic N) is 4. The van der Waals surface area contributed by atoms with Crippen molar-refractivity contribution in [3.8, 4) is 0 Å². The highest BCUT2D eigenvalue weighted by atomic mass is 16.5. The van der Waals surface area contributed by atoms with E-state index >= 15 is 0 Å². The van der Waals surface area contributed by atoms with Gasteiger partial charge in [-0.05, 0) is 38.3 Å². The van der Waals surface area contributed by atoms with Crippen LogP contribution in [0.25, 0.3) is 0 Å². The topological polar surface area (TPSA) is 96.0 Å². The molecule has 3 aromatic rings. The molecule has 4 rings (SSSR count). The van der Waals surface area contributed by atoms with E-state index in [-0.39, 0.29) is 23.9 Å². The molecule has 0 spiro atoms. The molecular weight excluding hydrogens is 392 g/mol. The van der Waals surface area contributed by atoms with E-state index in [1.807, 2.05) is 62.2 Å². The molecule has 8 nitrogen and oxygen atoms in total. The van der Waals surface area contributed by atoms with Crippen molar-refractivity contribution < 1.29 is 9.53 Å². The van der Waals surface area contributed by atoms with Crippen LogP contribution in [-0.4, -0.2) is 56.8 Å². The number of H-pyrrole nitrogens is 1. The zero-order valence-corrected chi connectivity index (χ0v) is 18.1. The molecule has 0 aliphatic carbocycles. The predicted octanol–water partition coefficient (Wildman–Crippen LogP) is 3.07. The Labute approximate surface area is 182 Å². The molecule has 1 fully saturated rings. The fourth-order valence-corrected chi connectivity index (χ4v) is 3.74. The van der Waals surface area contributed by atoms with Crippen LogP contribution in [0.15, 0.2) is 42.7 Å². The number of carbonyl (C=O) groups is 1. The van der Waals surface area contributed by atoms with E-state index in [9.17, 15) is 4.79 Å². The third-order valence-electron chi connectivity index (χ3n) is 5.66. The lowest BCUT2D eigenvalue weighted by Crippen LogP contribution is -2.47. The summed E-state index contributed by atoms with van der Waals surface area (Å²) in [6.45, 7) is 7.49. The van der Waals surface area contributed by atoms with Crippen molar-refractivity contribution in [2.75, 3.05) is 25.0 Å². The SMILES string of the molecule is Cc1nc(C(=O)N2C[C@@H](C)OC[C@H]2c2ccccc2)nc(NCCc2cn[nH]c2)c1C. The number of hydrogen-bond acceptors (Lipinski definition) is 6. The van der Waals surface area contributed by atoms with Gasteiger partial charge in [0.1, 0.15) is 5.82 Å². The molecule has 162 valence electrons. The number of aromatic amines is 1. The summed E-state index contributed by atoms with van der Waals surface area (Å²) in [7, 11) is 0. The molecule has 0 radical (unpaired) electrons. The number of ether oxygens (including phenoxy) is 1. The molecule has 1 aliphatic rings. The average Bonchev–Trinajstić information content (AvgIpc) is 3.30. The molecule has 8 heteroatoms. The second kappa shape index (κ2) is 9.26. The molecule has 0 bridgehead atoms. The van der Waals surface area contributed by atoms with Gasteiger partial charge in [-0.1, -0.05) is 30.3 Å². The first-order valence-electron chi connectivity index (χ1n) is 10.6. The fraction of sp³-hybridized carbons (Fsp3) is 0.391. The van der Waals surface area contributed by atoms with Crippen molar-refractivity contribution in [2.24, 2.45) is 0 Å². The van der Waals surface area contributed by atoms with Crippen LogP contribution in [0.5, 0.6) is 0 Å². The van der Waals surface area contributed by atoms with Gasteiger partial charge in [-0.25, -0.2) is 9.97 Å².